The Kier molecular flexibility index (Phi) is 6.34. The number of nitrogens with zero attached hydrogens (tertiary/aromatic N) is 1. The number of hydrogen-bond acceptors (Lipinski definition) is 3. The van der Waals surface area contributed by atoms with Crippen molar-refractivity contribution in [3.05, 3.63) is 65.7 Å². The van der Waals surface area contributed by atoms with E-state index in [-0.39, 0.29) is 24.3 Å². The lowest BCUT2D eigenvalue weighted by Crippen LogP contribution is -2.31. The van der Waals surface area contributed by atoms with Crippen LogP contribution in [0.2, 0.25) is 0 Å². The van der Waals surface area contributed by atoms with Gasteiger partial charge in [0.2, 0.25) is 5.91 Å². The molecule has 1 heterocycles. The van der Waals surface area contributed by atoms with Crippen LogP contribution in [0.5, 0.6) is 5.75 Å². The van der Waals surface area contributed by atoms with E-state index in [1.165, 1.54) is 0 Å². The number of aliphatic carboxylic acids is 1. The molecule has 148 valence electrons. The first-order valence-electron chi connectivity index (χ1n) is 9.73. The van der Waals surface area contributed by atoms with Gasteiger partial charge >= 0.3 is 5.97 Å². The normalized spacial score (nSPS) is 20.0. The van der Waals surface area contributed by atoms with Gasteiger partial charge in [0.15, 0.2) is 0 Å². The first kappa shape index (κ1) is 19.9. The topological polar surface area (TPSA) is 66.8 Å². The highest BCUT2D eigenvalue weighted by molar-refractivity contribution is 5.80. The molecule has 1 N–H and O–H groups in total. The first-order valence-corrected chi connectivity index (χ1v) is 9.73. The highest BCUT2D eigenvalue weighted by atomic mass is 16.5. The van der Waals surface area contributed by atoms with Crippen LogP contribution in [0.3, 0.4) is 0 Å². The van der Waals surface area contributed by atoms with Crippen LogP contribution in [-0.2, 0) is 9.59 Å². The number of carboxylic acids is 1. The number of carboxylic acid groups (broad SMARTS) is 1. The Labute approximate surface area is 165 Å². The van der Waals surface area contributed by atoms with Gasteiger partial charge in [-0.1, -0.05) is 49.4 Å². The maximum Gasteiger partial charge on any atom is 0.308 e. The lowest BCUT2D eigenvalue weighted by molar-refractivity contribution is -0.141. The minimum atomic E-state index is -0.841. The number of rotatable bonds is 7. The second-order valence-corrected chi connectivity index (χ2v) is 7.34. The Hall–Kier alpha value is -2.82. The van der Waals surface area contributed by atoms with E-state index in [1.54, 1.807) is 12.0 Å². The summed E-state index contributed by atoms with van der Waals surface area (Å²) < 4.78 is 5.20. The number of amides is 1. The molecule has 2 aromatic rings. The SMILES string of the molecule is CCC(CC(=O)N1CC(C(=O)O)C(c2ccccc2)C1)c1ccc(OC)cc1. The maximum absolute atomic E-state index is 13.0. The van der Waals surface area contributed by atoms with E-state index < -0.39 is 11.9 Å². The van der Waals surface area contributed by atoms with Crippen LogP contribution in [0.15, 0.2) is 54.6 Å². The van der Waals surface area contributed by atoms with Crippen molar-refractivity contribution in [2.24, 2.45) is 5.92 Å². The fraction of sp³-hybridized carbons (Fsp3) is 0.391. The third-order valence-corrected chi connectivity index (χ3v) is 5.72. The molecule has 3 unspecified atom stereocenters. The van der Waals surface area contributed by atoms with Gasteiger partial charge in [0.25, 0.3) is 0 Å². The van der Waals surface area contributed by atoms with Crippen LogP contribution < -0.4 is 4.74 Å². The Balaban J connectivity index is 1.71. The molecule has 5 heteroatoms. The molecule has 0 saturated carbocycles. The number of likely N-dealkylation sites (tertiary alicyclic amines) is 1. The Morgan fingerprint density at radius 2 is 1.79 bits per heavy atom. The maximum atomic E-state index is 13.0. The minimum Gasteiger partial charge on any atom is -0.497 e. The number of benzene rings is 2. The molecule has 1 saturated heterocycles. The Morgan fingerprint density at radius 1 is 1.11 bits per heavy atom. The van der Waals surface area contributed by atoms with Gasteiger partial charge in [-0.25, -0.2) is 0 Å². The standard InChI is InChI=1S/C23H27NO4/c1-3-16(17-9-11-19(28-2)12-10-17)13-22(25)24-14-20(21(15-24)23(26)27)18-7-5-4-6-8-18/h4-12,16,20-21H,3,13-15H2,1-2H3,(H,26,27). The first-order chi connectivity index (χ1) is 13.5. The summed E-state index contributed by atoms with van der Waals surface area (Å²) in [5.41, 5.74) is 2.08. The quantitative estimate of drug-likeness (QED) is 0.790. The largest absolute Gasteiger partial charge is 0.497 e. The molecule has 3 atom stereocenters. The zero-order valence-corrected chi connectivity index (χ0v) is 16.4. The van der Waals surface area contributed by atoms with Crippen molar-refractivity contribution in [3.63, 3.8) is 0 Å². The molecule has 1 amide bonds. The number of carbonyl (C=O) groups is 2. The fourth-order valence-corrected chi connectivity index (χ4v) is 4.01. The van der Waals surface area contributed by atoms with E-state index in [9.17, 15) is 14.7 Å². The molecule has 0 spiro atoms. The van der Waals surface area contributed by atoms with Gasteiger partial charge in [-0.3, -0.25) is 9.59 Å². The second-order valence-electron chi connectivity index (χ2n) is 7.34. The average molecular weight is 381 g/mol. The molecule has 28 heavy (non-hydrogen) atoms. The van der Waals surface area contributed by atoms with Crippen molar-refractivity contribution in [1.82, 2.24) is 4.90 Å². The molecule has 3 rings (SSSR count). The Morgan fingerprint density at radius 3 is 2.36 bits per heavy atom. The molecule has 0 aliphatic carbocycles. The van der Waals surface area contributed by atoms with Crippen molar-refractivity contribution in [2.75, 3.05) is 20.2 Å². The second kappa shape index (κ2) is 8.91. The number of methoxy groups -OCH3 is 1. The minimum absolute atomic E-state index is 0.0207. The van der Waals surface area contributed by atoms with Crippen LogP contribution in [-0.4, -0.2) is 42.1 Å². The van der Waals surface area contributed by atoms with E-state index in [4.69, 9.17) is 4.74 Å². The molecular weight excluding hydrogens is 354 g/mol. The molecule has 1 aliphatic rings. The molecule has 1 fully saturated rings. The summed E-state index contributed by atoms with van der Waals surface area (Å²) >= 11 is 0. The van der Waals surface area contributed by atoms with E-state index in [2.05, 4.69) is 6.92 Å². The summed E-state index contributed by atoms with van der Waals surface area (Å²) in [6.45, 7) is 2.80. The summed E-state index contributed by atoms with van der Waals surface area (Å²) in [5.74, 6) is -0.647. The van der Waals surface area contributed by atoms with Gasteiger partial charge in [-0.2, -0.15) is 0 Å². The van der Waals surface area contributed by atoms with Crippen LogP contribution in [0, 0.1) is 5.92 Å². The van der Waals surface area contributed by atoms with Gasteiger partial charge in [0, 0.05) is 25.4 Å². The van der Waals surface area contributed by atoms with Gasteiger partial charge in [-0.05, 0) is 35.6 Å². The predicted molar refractivity (Wildman–Crippen MR) is 108 cm³/mol. The molecule has 5 nitrogen and oxygen atoms in total. The fourth-order valence-electron chi connectivity index (χ4n) is 4.01. The summed E-state index contributed by atoms with van der Waals surface area (Å²) in [6.07, 6.45) is 1.23. The number of hydrogen-bond donors (Lipinski definition) is 1. The van der Waals surface area contributed by atoms with E-state index in [0.717, 1.165) is 23.3 Å². The summed E-state index contributed by atoms with van der Waals surface area (Å²) in [5, 5.41) is 9.65. The molecule has 2 aromatic carbocycles. The zero-order valence-electron chi connectivity index (χ0n) is 16.4. The summed E-state index contributed by atoms with van der Waals surface area (Å²) in [7, 11) is 1.63. The highest BCUT2D eigenvalue weighted by Crippen LogP contribution is 2.34. The van der Waals surface area contributed by atoms with Gasteiger partial charge in [0.05, 0.1) is 13.0 Å². The predicted octanol–water partition coefficient (Wildman–Crippen LogP) is 3.91. The van der Waals surface area contributed by atoms with Crippen molar-refractivity contribution in [3.8, 4) is 5.75 Å². The monoisotopic (exact) mass is 381 g/mol. The third kappa shape index (κ3) is 4.35. The van der Waals surface area contributed by atoms with E-state index >= 15 is 0 Å². The van der Waals surface area contributed by atoms with Crippen molar-refractivity contribution in [2.45, 2.75) is 31.6 Å². The van der Waals surface area contributed by atoms with Gasteiger partial charge in [-0.15, -0.1) is 0 Å². The van der Waals surface area contributed by atoms with Crippen LogP contribution >= 0.6 is 0 Å². The van der Waals surface area contributed by atoms with Crippen LogP contribution in [0.25, 0.3) is 0 Å². The Bertz CT molecular complexity index is 803. The smallest absolute Gasteiger partial charge is 0.308 e. The third-order valence-electron chi connectivity index (χ3n) is 5.72. The number of carbonyl (C=O) groups excluding carboxylic acids is 1. The van der Waals surface area contributed by atoms with Crippen LogP contribution in [0.4, 0.5) is 0 Å². The van der Waals surface area contributed by atoms with Crippen LogP contribution in [0.1, 0.15) is 42.7 Å². The molecule has 0 bridgehead atoms. The highest BCUT2D eigenvalue weighted by Gasteiger charge is 2.40. The molecule has 0 radical (unpaired) electrons. The lowest BCUT2D eigenvalue weighted by Gasteiger charge is -2.21. The van der Waals surface area contributed by atoms with Gasteiger partial charge < -0.3 is 14.7 Å². The number of ether oxygens (including phenoxy) is 1. The summed E-state index contributed by atoms with van der Waals surface area (Å²) in [6, 6.07) is 17.4. The van der Waals surface area contributed by atoms with Crippen molar-refractivity contribution in [1.29, 1.82) is 0 Å². The molecule has 0 aromatic heterocycles. The van der Waals surface area contributed by atoms with E-state index in [1.807, 2.05) is 54.6 Å². The van der Waals surface area contributed by atoms with Crippen molar-refractivity contribution >= 4 is 11.9 Å². The lowest BCUT2D eigenvalue weighted by atomic mass is 9.89. The van der Waals surface area contributed by atoms with Gasteiger partial charge in [0.1, 0.15) is 5.75 Å². The molecular formula is C23H27NO4. The van der Waals surface area contributed by atoms with E-state index in [0.29, 0.717) is 13.0 Å². The zero-order chi connectivity index (χ0) is 20.1. The average Bonchev–Trinajstić information content (AvgIpc) is 3.19. The molecule has 1 aliphatic heterocycles. The van der Waals surface area contributed by atoms with Crippen molar-refractivity contribution < 1.29 is 19.4 Å². The summed E-state index contributed by atoms with van der Waals surface area (Å²) in [4.78, 5) is 26.5.